The van der Waals surface area contributed by atoms with E-state index in [1.54, 1.807) is 0 Å². The number of carboxylic acids is 1. The molecule has 5 nitrogen and oxygen atoms in total. The van der Waals surface area contributed by atoms with E-state index in [1.807, 2.05) is 6.92 Å². The van der Waals surface area contributed by atoms with Gasteiger partial charge in [-0.05, 0) is 25.2 Å². The van der Waals surface area contributed by atoms with Crippen LogP contribution in [0.25, 0.3) is 0 Å². The van der Waals surface area contributed by atoms with E-state index in [-0.39, 0.29) is 11.8 Å². The Bertz CT molecular complexity index is 304. The van der Waals surface area contributed by atoms with Gasteiger partial charge in [-0.2, -0.15) is 0 Å². The minimum Gasteiger partial charge on any atom is -0.480 e. The first-order valence-corrected chi connectivity index (χ1v) is 5.76. The molecule has 1 N–H and O–H groups in total. The maximum absolute atomic E-state index is 12.1. The topological polar surface area (TPSA) is 66.8 Å². The Morgan fingerprint density at radius 3 is 2.69 bits per heavy atom. The van der Waals surface area contributed by atoms with E-state index in [0.29, 0.717) is 19.6 Å². The molecule has 0 radical (unpaired) electrons. The number of hydrogen-bond acceptors (Lipinski definition) is 3. The summed E-state index contributed by atoms with van der Waals surface area (Å²) in [4.78, 5) is 24.6. The maximum Gasteiger partial charge on any atom is 0.326 e. The Morgan fingerprint density at radius 1 is 1.38 bits per heavy atom. The predicted molar refractivity (Wildman–Crippen MR) is 55.9 cm³/mol. The third-order valence-electron chi connectivity index (χ3n) is 3.45. The fraction of sp³-hybridized carbons (Fsp3) is 0.818. The first-order chi connectivity index (χ1) is 7.61. The van der Waals surface area contributed by atoms with Crippen LogP contribution in [0, 0.1) is 5.92 Å². The summed E-state index contributed by atoms with van der Waals surface area (Å²) in [6.45, 7) is 3.12. The zero-order chi connectivity index (χ0) is 11.7. The van der Waals surface area contributed by atoms with E-state index in [4.69, 9.17) is 9.84 Å². The van der Waals surface area contributed by atoms with Gasteiger partial charge in [0.1, 0.15) is 12.1 Å². The van der Waals surface area contributed by atoms with Gasteiger partial charge < -0.3 is 14.7 Å². The van der Waals surface area contributed by atoms with E-state index in [1.165, 1.54) is 4.90 Å². The van der Waals surface area contributed by atoms with Crippen molar-refractivity contribution in [2.24, 2.45) is 5.92 Å². The van der Waals surface area contributed by atoms with Crippen LogP contribution < -0.4 is 0 Å². The molecule has 0 aliphatic carbocycles. The molecule has 0 bridgehead atoms. The van der Waals surface area contributed by atoms with Crippen LogP contribution in [0.4, 0.5) is 0 Å². The second-order valence-corrected chi connectivity index (χ2v) is 4.59. The van der Waals surface area contributed by atoms with Gasteiger partial charge in [0.25, 0.3) is 5.91 Å². The number of carbonyl (C=O) groups is 2. The van der Waals surface area contributed by atoms with Crippen LogP contribution in [-0.4, -0.2) is 47.2 Å². The molecule has 0 aromatic carbocycles. The molecular weight excluding hydrogens is 210 g/mol. The Balaban J connectivity index is 2.06. The van der Waals surface area contributed by atoms with E-state index in [0.717, 1.165) is 12.8 Å². The quantitative estimate of drug-likeness (QED) is 0.745. The number of nitrogens with zero attached hydrogens (tertiary/aromatic N) is 1. The molecule has 2 heterocycles. The molecule has 16 heavy (non-hydrogen) atoms. The van der Waals surface area contributed by atoms with E-state index in [2.05, 4.69) is 0 Å². The first kappa shape index (κ1) is 11.4. The summed E-state index contributed by atoms with van der Waals surface area (Å²) in [6.07, 6.45) is 1.77. The SMILES string of the molecule is CC1CCOC1C(=O)N1CCCC1C(=O)O. The molecule has 3 atom stereocenters. The standard InChI is InChI=1S/C11H17NO4/c1-7-4-6-16-9(7)10(13)12-5-2-3-8(12)11(14)15/h7-9H,2-6H2,1H3,(H,14,15). The zero-order valence-corrected chi connectivity index (χ0v) is 9.39. The highest BCUT2D eigenvalue weighted by atomic mass is 16.5. The number of rotatable bonds is 2. The minimum absolute atomic E-state index is 0.144. The largest absolute Gasteiger partial charge is 0.480 e. The second-order valence-electron chi connectivity index (χ2n) is 4.59. The van der Waals surface area contributed by atoms with Crippen molar-refractivity contribution >= 4 is 11.9 Å². The van der Waals surface area contributed by atoms with Crippen LogP contribution in [-0.2, 0) is 14.3 Å². The number of aliphatic carboxylic acids is 1. The fourth-order valence-electron chi connectivity index (χ4n) is 2.46. The van der Waals surface area contributed by atoms with Crippen LogP contribution in [0.2, 0.25) is 0 Å². The van der Waals surface area contributed by atoms with Crippen molar-refractivity contribution in [3.05, 3.63) is 0 Å². The molecule has 2 aliphatic heterocycles. The minimum atomic E-state index is -0.906. The summed E-state index contributed by atoms with van der Waals surface area (Å²) < 4.78 is 5.38. The lowest BCUT2D eigenvalue weighted by Gasteiger charge is -2.25. The smallest absolute Gasteiger partial charge is 0.326 e. The van der Waals surface area contributed by atoms with Gasteiger partial charge in [-0.15, -0.1) is 0 Å². The van der Waals surface area contributed by atoms with E-state index >= 15 is 0 Å². The first-order valence-electron chi connectivity index (χ1n) is 5.76. The van der Waals surface area contributed by atoms with Crippen molar-refractivity contribution in [3.63, 3.8) is 0 Å². The van der Waals surface area contributed by atoms with Gasteiger partial charge in [-0.3, -0.25) is 4.79 Å². The third-order valence-corrected chi connectivity index (χ3v) is 3.45. The van der Waals surface area contributed by atoms with Crippen molar-refractivity contribution in [1.82, 2.24) is 4.90 Å². The van der Waals surface area contributed by atoms with Gasteiger partial charge in [-0.1, -0.05) is 6.92 Å². The number of carboxylic acid groups (broad SMARTS) is 1. The average Bonchev–Trinajstić information content (AvgIpc) is 2.84. The summed E-state index contributed by atoms with van der Waals surface area (Å²) in [5, 5.41) is 9.01. The highest BCUT2D eigenvalue weighted by Gasteiger charge is 2.40. The second kappa shape index (κ2) is 4.41. The number of likely N-dealkylation sites (tertiary alicyclic amines) is 1. The Hall–Kier alpha value is -1.10. The molecule has 2 saturated heterocycles. The molecule has 3 unspecified atom stereocenters. The predicted octanol–water partition coefficient (Wildman–Crippen LogP) is 0.487. The number of ether oxygens (including phenoxy) is 1. The number of carbonyl (C=O) groups excluding carboxylic acids is 1. The molecule has 0 saturated carbocycles. The van der Waals surface area contributed by atoms with Crippen LogP contribution in [0.15, 0.2) is 0 Å². The lowest BCUT2D eigenvalue weighted by molar-refractivity contribution is -0.153. The third kappa shape index (κ3) is 1.91. The molecule has 1 amide bonds. The van der Waals surface area contributed by atoms with Crippen LogP contribution >= 0.6 is 0 Å². The Labute approximate surface area is 94.4 Å². The van der Waals surface area contributed by atoms with Crippen molar-refractivity contribution in [2.75, 3.05) is 13.2 Å². The summed E-state index contributed by atoms with van der Waals surface area (Å²) in [5.41, 5.74) is 0. The molecule has 0 spiro atoms. The Morgan fingerprint density at radius 2 is 2.12 bits per heavy atom. The lowest BCUT2D eigenvalue weighted by Crippen LogP contribution is -2.46. The molecule has 0 aromatic rings. The van der Waals surface area contributed by atoms with Gasteiger partial charge >= 0.3 is 5.97 Å². The Kier molecular flexibility index (Phi) is 3.14. The van der Waals surface area contributed by atoms with Gasteiger partial charge in [-0.25, -0.2) is 4.79 Å². The van der Waals surface area contributed by atoms with Gasteiger partial charge in [0.2, 0.25) is 0 Å². The van der Waals surface area contributed by atoms with Crippen molar-refractivity contribution < 1.29 is 19.4 Å². The van der Waals surface area contributed by atoms with Crippen molar-refractivity contribution in [1.29, 1.82) is 0 Å². The zero-order valence-electron chi connectivity index (χ0n) is 9.39. The van der Waals surface area contributed by atoms with Gasteiger partial charge in [0.05, 0.1) is 0 Å². The summed E-state index contributed by atoms with van der Waals surface area (Å²) >= 11 is 0. The molecule has 90 valence electrons. The summed E-state index contributed by atoms with van der Waals surface area (Å²) in [7, 11) is 0. The van der Waals surface area contributed by atoms with E-state index in [9.17, 15) is 9.59 Å². The molecular formula is C11H17NO4. The summed E-state index contributed by atoms with van der Waals surface area (Å²) in [5.74, 6) is -0.853. The normalized spacial score (nSPS) is 34.3. The highest BCUT2D eigenvalue weighted by molar-refractivity contribution is 5.87. The van der Waals surface area contributed by atoms with Gasteiger partial charge in [0.15, 0.2) is 0 Å². The van der Waals surface area contributed by atoms with Crippen LogP contribution in [0.1, 0.15) is 26.2 Å². The van der Waals surface area contributed by atoms with E-state index < -0.39 is 18.1 Å². The maximum atomic E-state index is 12.1. The fourth-order valence-corrected chi connectivity index (χ4v) is 2.46. The van der Waals surface area contributed by atoms with Crippen molar-refractivity contribution in [3.8, 4) is 0 Å². The van der Waals surface area contributed by atoms with Crippen molar-refractivity contribution in [2.45, 2.75) is 38.3 Å². The molecule has 2 aliphatic rings. The summed E-state index contributed by atoms with van der Waals surface area (Å²) in [6, 6.07) is -0.649. The van der Waals surface area contributed by atoms with Gasteiger partial charge in [0, 0.05) is 13.2 Å². The number of hydrogen-bond donors (Lipinski definition) is 1. The molecule has 0 aromatic heterocycles. The molecule has 2 rings (SSSR count). The lowest BCUT2D eigenvalue weighted by atomic mass is 10.0. The van der Waals surface area contributed by atoms with Crippen LogP contribution in [0.3, 0.4) is 0 Å². The average molecular weight is 227 g/mol. The molecule has 5 heteroatoms. The number of amides is 1. The molecule has 2 fully saturated rings. The van der Waals surface area contributed by atoms with Crippen LogP contribution in [0.5, 0.6) is 0 Å². The highest BCUT2D eigenvalue weighted by Crippen LogP contribution is 2.26. The monoisotopic (exact) mass is 227 g/mol.